The summed E-state index contributed by atoms with van der Waals surface area (Å²) in [5, 5.41) is 7.38. The van der Waals surface area contributed by atoms with Gasteiger partial charge >= 0.3 is 0 Å². The van der Waals surface area contributed by atoms with Crippen LogP contribution in [0.25, 0.3) is 0 Å². The number of nitrogens with zero attached hydrogens (tertiary/aromatic N) is 2. The molecule has 76 valence electrons. The van der Waals surface area contributed by atoms with Gasteiger partial charge in [0.15, 0.2) is 5.69 Å². The predicted octanol–water partition coefficient (Wildman–Crippen LogP) is -0.274. The molecule has 0 bridgehead atoms. The molecular weight excluding hydrogens is 180 g/mol. The van der Waals surface area contributed by atoms with Gasteiger partial charge in [-0.1, -0.05) is 6.92 Å². The molecule has 0 fully saturated rings. The second-order valence-electron chi connectivity index (χ2n) is 3.73. The summed E-state index contributed by atoms with van der Waals surface area (Å²) >= 11 is 0. The Morgan fingerprint density at radius 2 is 2.43 bits per heavy atom. The van der Waals surface area contributed by atoms with Crippen molar-refractivity contribution in [3.63, 3.8) is 0 Å². The molecule has 0 saturated carbocycles. The van der Waals surface area contributed by atoms with Crippen LogP contribution in [0.1, 0.15) is 34.6 Å². The molecule has 2 rings (SSSR count). The summed E-state index contributed by atoms with van der Waals surface area (Å²) in [6.45, 7) is 3.72. The van der Waals surface area contributed by atoms with Crippen molar-refractivity contribution in [1.29, 1.82) is 0 Å². The van der Waals surface area contributed by atoms with Crippen LogP contribution in [-0.2, 0) is 13.6 Å². The first kappa shape index (κ1) is 9.21. The van der Waals surface area contributed by atoms with Crippen LogP contribution in [0, 0.1) is 0 Å². The Hall–Kier alpha value is -1.36. The monoisotopic (exact) mass is 194 g/mol. The van der Waals surface area contributed by atoms with Crippen molar-refractivity contribution in [3.05, 3.63) is 17.0 Å². The molecule has 0 aromatic carbocycles. The van der Waals surface area contributed by atoms with Gasteiger partial charge in [-0.15, -0.1) is 0 Å². The van der Waals surface area contributed by atoms with Crippen molar-refractivity contribution in [2.75, 3.05) is 6.54 Å². The minimum Gasteiger partial charge on any atom is -0.364 e. The molecule has 5 heteroatoms. The number of aromatic nitrogens is 2. The predicted molar refractivity (Wildman–Crippen MR) is 51.8 cm³/mol. The summed E-state index contributed by atoms with van der Waals surface area (Å²) < 4.78 is 1.76. The van der Waals surface area contributed by atoms with E-state index in [0.29, 0.717) is 18.2 Å². The number of carbonyl (C=O) groups excluding carboxylic acids is 1. The van der Waals surface area contributed by atoms with Crippen LogP contribution in [0.4, 0.5) is 0 Å². The van der Waals surface area contributed by atoms with Crippen molar-refractivity contribution in [1.82, 2.24) is 15.1 Å². The molecular formula is C9H14N4O. The third-order valence-corrected chi connectivity index (χ3v) is 2.65. The number of fused-ring (bicyclic) bond motifs is 1. The third kappa shape index (κ3) is 1.21. The topological polar surface area (TPSA) is 72.9 Å². The molecule has 1 aromatic rings. The summed E-state index contributed by atoms with van der Waals surface area (Å²) in [6, 6.07) is 0. The average molecular weight is 194 g/mol. The Kier molecular flexibility index (Phi) is 2.03. The Morgan fingerprint density at radius 3 is 3.07 bits per heavy atom. The van der Waals surface area contributed by atoms with Crippen LogP contribution in [0.3, 0.4) is 0 Å². The Bertz CT molecular complexity index is 382. The minimum atomic E-state index is -0.447. The molecule has 1 amide bonds. The van der Waals surface area contributed by atoms with Gasteiger partial charge in [0.1, 0.15) is 0 Å². The number of amides is 1. The van der Waals surface area contributed by atoms with Gasteiger partial charge < -0.3 is 11.1 Å². The normalized spacial score (nSPS) is 20.6. The average Bonchev–Trinajstić information content (AvgIpc) is 2.45. The van der Waals surface area contributed by atoms with E-state index in [-0.39, 0.29) is 0 Å². The largest absolute Gasteiger partial charge is 0.364 e. The fourth-order valence-corrected chi connectivity index (χ4v) is 2.08. The fourth-order valence-electron chi connectivity index (χ4n) is 2.08. The van der Waals surface area contributed by atoms with Crippen molar-refractivity contribution >= 4 is 5.91 Å². The minimum absolute atomic E-state index is 0.379. The Balaban J connectivity index is 2.57. The van der Waals surface area contributed by atoms with E-state index in [4.69, 9.17) is 5.73 Å². The summed E-state index contributed by atoms with van der Waals surface area (Å²) in [7, 11) is 1.85. The smallest absolute Gasteiger partial charge is 0.269 e. The molecule has 2 heterocycles. The molecule has 5 nitrogen and oxygen atoms in total. The first-order chi connectivity index (χ1) is 6.61. The first-order valence-electron chi connectivity index (χ1n) is 4.67. The highest BCUT2D eigenvalue weighted by molar-refractivity contribution is 5.92. The zero-order valence-electron chi connectivity index (χ0n) is 8.37. The highest BCUT2D eigenvalue weighted by Crippen LogP contribution is 2.25. The third-order valence-electron chi connectivity index (χ3n) is 2.65. The molecule has 3 N–H and O–H groups in total. The fraction of sp³-hybridized carbons (Fsp3) is 0.556. The van der Waals surface area contributed by atoms with Crippen molar-refractivity contribution in [3.8, 4) is 0 Å². The summed E-state index contributed by atoms with van der Waals surface area (Å²) in [4.78, 5) is 11.1. The molecule has 1 atom stereocenters. The molecule has 0 spiro atoms. The number of rotatable bonds is 1. The molecule has 0 saturated heterocycles. The van der Waals surface area contributed by atoms with Crippen LogP contribution in [-0.4, -0.2) is 22.2 Å². The van der Waals surface area contributed by atoms with E-state index < -0.39 is 5.91 Å². The SMILES string of the molecule is CC1CNCc2c(C(N)=O)nn(C)c21. The van der Waals surface area contributed by atoms with E-state index >= 15 is 0 Å². The van der Waals surface area contributed by atoms with E-state index in [1.54, 1.807) is 4.68 Å². The summed E-state index contributed by atoms with van der Waals surface area (Å²) in [5.41, 5.74) is 7.74. The van der Waals surface area contributed by atoms with Gasteiger partial charge in [0.2, 0.25) is 0 Å². The van der Waals surface area contributed by atoms with Gasteiger partial charge in [0.25, 0.3) is 5.91 Å². The number of hydrogen-bond donors (Lipinski definition) is 2. The molecule has 1 unspecified atom stereocenters. The lowest BCUT2D eigenvalue weighted by Crippen LogP contribution is -2.28. The van der Waals surface area contributed by atoms with E-state index in [1.165, 1.54) is 0 Å². The number of hydrogen-bond acceptors (Lipinski definition) is 3. The standard InChI is InChI=1S/C9H14N4O/c1-5-3-11-4-6-7(9(10)14)12-13(2)8(5)6/h5,11H,3-4H2,1-2H3,(H2,10,14). The van der Waals surface area contributed by atoms with E-state index in [0.717, 1.165) is 17.8 Å². The number of nitrogens with one attached hydrogen (secondary N) is 1. The maximum atomic E-state index is 11.1. The lowest BCUT2D eigenvalue weighted by molar-refractivity contribution is 0.0994. The zero-order valence-corrected chi connectivity index (χ0v) is 8.37. The van der Waals surface area contributed by atoms with Crippen molar-refractivity contribution in [2.24, 2.45) is 12.8 Å². The highest BCUT2D eigenvalue weighted by Gasteiger charge is 2.26. The second-order valence-corrected chi connectivity index (χ2v) is 3.73. The van der Waals surface area contributed by atoms with Gasteiger partial charge in [0.05, 0.1) is 0 Å². The Labute approximate surface area is 82.3 Å². The van der Waals surface area contributed by atoms with Crippen LogP contribution in [0.2, 0.25) is 0 Å². The molecule has 14 heavy (non-hydrogen) atoms. The number of nitrogens with two attached hydrogens (primary N) is 1. The van der Waals surface area contributed by atoms with Gasteiger partial charge in [-0.2, -0.15) is 5.10 Å². The molecule has 1 aliphatic heterocycles. The quantitative estimate of drug-likeness (QED) is 0.646. The van der Waals surface area contributed by atoms with Crippen molar-refractivity contribution in [2.45, 2.75) is 19.4 Å². The van der Waals surface area contributed by atoms with Gasteiger partial charge in [-0.25, -0.2) is 0 Å². The van der Waals surface area contributed by atoms with Crippen LogP contribution < -0.4 is 11.1 Å². The maximum absolute atomic E-state index is 11.1. The van der Waals surface area contributed by atoms with E-state index in [1.807, 2.05) is 7.05 Å². The zero-order chi connectivity index (χ0) is 10.3. The van der Waals surface area contributed by atoms with E-state index in [9.17, 15) is 4.79 Å². The molecule has 1 aliphatic rings. The molecule has 0 aliphatic carbocycles. The van der Waals surface area contributed by atoms with Gasteiger partial charge in [-0.05, 0) is 0 Å². The lowest BCUT2D eigenvalue weighted by Gasteiger charge is -2.20. The number of primary amides is 1. The highest BCUT2D eigenvalue weighted by atomic mass is 16.1. The van der Waals surface area contributed by atoms with Gasteiger partial charge in [0, 0.05) is 37.3 Å². The first-order valence-corrected chi connectivity index (χ1v) is 4.67. The van der Waals surface area contributed by atoms with Crippen molar-refractivity contribution < 1.29 is 4.79 Å². The lowest BCUT2D eigenvalue weighted by atomic mass is 9.98. The molecule has 1 aromatic heterocycles. The van der Waals surface area contributed by atoms with E-state index in [2.05, 4.69) is 17.3 Å². The van der Waals surface area contributed by atoms with Gasteiger partial charge in [-0.3, -0.25) is 9.48 Å². The van der Waals surface area contributed by atoms with Crippen LogP contribution in [0.5, 0.6) is 0 Å². The summed E-state index contributed by atoms with van der Waals surface area (Å²) in [6.07, 6.45) is 0. The molecule has 0 radical (unpaired) electrons. The maximum Gasteiger partial charge on any atom is 0.269 e. The Morgan fingerprint density at radius 1 is 1.71 bits per heavy atom. The summed E-state index contributed by atoms with van der Waals surface area (Å²) in [5.74, 6) is -0.0675. The van der Waals surface area contributed by atoms with Crippen LogP contribution in [0.15, 0.2) is 0 Å². The second kappa shape index (κ2) is 3.09. The number of carbonyl (C=O) groups is 1. The van der Waals surface area contributed by atoms with Crippen LogP contribution >= 0.6 is 0 Å². The number of aryl methyl sites for hydroxylation is 1.